The summed E-state index contributed by atoms with van der Waals surface area (Å²) in [5.41, 5.74) is 0.0225. The fourth-order valence-corrected chi connectivity index (χ4v) is 5.51. The lowest BCUT2D eigenvalue weighted by molar-refractivity contribution is -0.142. The van der Waals surface area contributed by atoms with Gasteiger partial charge in [0.1, 0.15) is 11.5 Å². The summed E-state index contributed by atoms with van der Waals surface area (Å²) in [7, 11) is 0. The third-order valence-corrected chi connectivity index (χ3v) is 7.35. The number of ether oxygens (including phenoxy) is 1. The van der Waals surface area contributed by atoms with Crippen molar-refractivity contribution in [3.05, 3.63) is 81.1 Å². The smallest absolute Gasteiger partial charge is 0.389 e. The van der Waals surface area contributed by atoms with Gasteiger partial charge in [-0.15, -0.1) is 0 Å². The van der Waals surface area contributed by atoms with Crippen LogP contribution in [-0.4, -0.2) is 33.8 Å². The second-order valence-corrected chi connectivity index (χ2v) is 9.64. The molecule has 11 heteroatoms. The van der Waals surface area contributed by atoms with Crippen molar-refractivity contribution in [2.45, 2.75) is 36.9 Å². The summed E-state index contributed by atoms with van der Waals surface area (Å²) < 4.78 is 44.0. The predicted molar refractivity (Wildman–Crippen MR) is 130 cm³/mol. The van der Waals surface area contributed by atoms with Gasteiger partial charge in [0.2, 0.25) is 11.8 Å². The number of amides is 1. The Morgan fingerprint density at radius 2 is 1.94 bits per heavy atom. The first-order chi connectivity index (χ1) is 16.6. The largest absolute Gasteiger partial charge is 0.478 e. The van der Waals surface area contributed by atoms with Gasteiger partial charge in [0.15, 0.2) is 5.78 Å². The van der Waals surface area contributed by atoms with E-state index >= 15 is 0 Å². The molecule has 0 bridgehead atoms. The highest BCUT2D eigenvalue weighted by Gasteiger charge is 2.53. The summed E-state index contributed by atoms with van der Waals surface area (Å²) in [6.45, 7) is -0.182. The number of halogens is 4. The number of Topliss-reactive ketones (excluding diaryl/α,β-unsaturated/α-hetero) is 1. The number of carbonyl (C=O) groups is 2. The van der Waals surface area contributed by atoms with Crippen LogP contribution in [0.4, 0.5) is 13.2 Å². The van der Waals surface area contributed by atoms with E-state index in [9.17, 15) is 22.8 Å². The van der Waals surface area contributed by atoms with E-state index in [0.717, 1.165) is 0 Å². The molecule has 1 saturated heterocycles. The Labute approximate surface area is 214 Å². The van der Waals surface area contributed by atoms with Gasteiger partial charge < -0.3 is 4.74 Å². The zero-order valence-corrected chi connectivity index (χ0v) is 20.6. The van der Waals surface area contributed by atoms with Crippen LogP contribution in [0, 0.1) is 0 Å². The molecular weight excluding hydrogens is 521 g/mol. The molecule has 184 valence electrons. The molecule has 2 aromatic heterocycles. The minimum Gasteiger partial charge on any atom is -0.478 e. The van der Waals surface area contributed by atoms with E-state index < -0.39 is 30.0 Å². The Bertz CT molecular complexity index is 1220. The van der Waals surface area contributed by atoms with Crippen molar-refractivity contribution >= 4 is 47.4 Å². The molecule has 0 spiro atoms. The lowest BCUT2D eigenvalue weighted by Gasteiger charge is -2.45. The molecule has 0 saturated carbocycles. The van der Waals surface area contributed by atoms with E-state index in [-0.39, 0.29) is 31.1 Å². The summed E-state index contributed by atoms with van der Waals surface area (Å²) in [5.74, 6) is -1.93. The molecule has 2 atom stereocenters. The number of nitrogens with zero attached hydrogens (tertiary/aromatic N) is 2. The van der Waals surface area contributed by atoms with Gasteiger partial charge in [0, 0.05) is 23.9 Å². The van der Waals surface area contributed by atoms with Gasteiger partial charge in [-0.3, -0.25) is 13.9 Å². The number of rotatable bonds is 7. The third-order valence-electron chi connectivity index (χ3n) is 5.79. The van der Waals surface area contributed by atoms with Crippen LogP contribution in [0.5, 0.6) is 5.88 Å². The topological polar surface area (TPSA) is 59.5 Å². The predicted octanol–water partition coefficient (Wildman–Crippen LogP) is 6.19. The maximum Gasteiger partial charge on any atom is 0.389 e. The fourth-order valence-electron chi connectivity index (χ4n) is 4.14. The van der Waals surface area contributed by atoms with Crippen LogP contribution >= 0.6 is 35.8 Å². The highest BCUT2D eigenvalue weighted by Crippen LogP contribution is 2.48. The SMILES string of the molecule is O=C1CC(c2ccsc2)(c2cccc(OCCCC(F)(F)F)n2)N(S)C(=O)C1c1ccccc1Cl. The van der Waals surface area contributed by atoms with Gasteiger partial charge in [-0.2, -0.15) is 24.5 Å². The van der Waals surface area contributed by atoms with Crippen LogP contribution in [0.25, 0.3) is 0 Å². The number of ketones is 1. The van der Waals surface area contributed by atoms with Gasteiger partial charge in [-0.05, 0) is 46.5 Å². The lowest BCUT2D eigenvalue weighted by Crippen LogP contribution is -2.54. The van der Waals surface area contributed by atoms with E-state index in [2.05, 4.69) is 17.8 Å². The molecule has 3 aromatic rings. The van der Waals surface area contributed by atoms with Crippen molar-refractivity contribution in [3.8, 4) is 5.88 Å². The number of pyridine rings is 1. The van der Waals surface area contributed by atoms with Crippen LogP contribution in [0.15, 0.2) is 59.3 Å². The Balaban J connectivity index is 1.69. The van der Waals surface area contributed by atoms with Crippen molar-refractivity contribution in [1.29, 1.82) is 0 Å². The minimum absolute atomic E-state index is 0.0918. The van der Waals surface area contributed by atoms with E-state index in [1.165, 1.54) is 21.7 Å². The second kappa shape index (κ2) is 10.2. The molecule has 0 aliphatic carbocycles. The van der Waals surface area contributed by atoms with Gasteiger partial charge in [-0.1, -0.05) is 48.7 Å². The molecule has 0 N–H and O–H groups in total. The van der Waals surface area contributed by atoms with Crippen molar-refractivity contribution in [3.63, 3.8) is 0 Å². The highest BCUT2D eigenvalue weighted by atomic mass is 35.5. The van der Waals surface area contributed by atoms with Crippen LogP contribution in [-0.2, 0) is 15.1 Å². The van der Waals surface area contributed by atoms with Crippen LogP contribution in [0.3, 0.4) is 0 Å². The number of hydrogen-bond acceptors (Lipinski definition) is 6. The van der Waals surface area contributed by atoms with Crippen molar-refractivity contribution in [2.75, 3.05) is 6.61 Å². The summed E-state index contributed by atoms with van der Waals surface area (Å²) >= 11 is 12.2. The Hall–Kier alpha value is -2.56. The van der Waals surface area contributed by atoms with Crippen molar-refractivity contribution in [2.24, 2.45) is 0 Å². The van der Waals surface area contributed by atoms with Crippen molar-refractivity contribution in [1.82, 2.24) is 9.29 Å². The normalized spacial score (nSPS) is 20.8. The number of piperidine rings is 1. The number of alkyl halides is 3. The van der Waals surface area contributed by atoms with Crippen LogP contribution in [0.2, 0.25) is 5.02 Å². The zero-order chi connectivity index (χ0) is 25.2. The zero-order valence-electron chi connectivity index (χ0n) is 18.2. The molecule has 4 rings (SSSR count). The van der Waals surface area contributed by atoms with E-state index in [1.54, 1.807) is 47.8 Å². The third kappa shape index (κ3) is 5.19. The number of thiophene rings is 1. The molecule has 0 radical (unpaired) electrons. The Kier molecular flexibility index (Phi) is 7.44. The summed E-state index contributed by atoms with van der Waals surface area (Å²) in [4.78, 5) is 31.5. The molecule has 35 heavy (non-hydrogen) atoms. The number of hydrogen-bond donors (Lipinski definition) is 1. The summed E-state index contributed by atoms with van der Waals surface area (Å²) in [5, 5.41) is 3.92. The average Bonchev–Trinajstić information content (AvgIpc) is 3.35. The molecule has 2 unspecified atom stereocenters. The minimum atomic E-state index is -4.27. The highest BCUT2D eigenvalue weighted by molar-refractivity contribution is 7.78. The summed E-state index contributed by atoms with van der Waals surface area (Å²) in [6.07, 6.45) is -5.59. The fraction of sp³-hybridized carbons (Fsp3) is 0.292. The monoisotopic (exact) mass is 540 g/mol. The second-order valence-electron chi connectivity index (χ2n) is 8.05. The van der Waals surface area contributed by atoms with Crippen LogP contribution < -0.4 is 4.74 Å². The molecule has 1 amide bonds. The Morgan fingerprint density at radius 3 is 2.63 bits per heavy atom. The molecule has 1 fully saturated rings. The van der Waals surface area contributed by atoms with Gasteiger partial charge in [0.05, 0.1) is 12.3 Å². The van der Waals surface area contributed by atoms with E-state index in [4.69, 9.17) is 16.3 Å². The maximum absolute atomic E-state index is 13.6. The molecule has 1 aromatic carbocycles. The molecule has 3 heterocycles. The van der Waals surface area contributed by atoms with E-state index in [1.807, 2.05) is 5.38 Å². The Morgan fingerprint density at radius 1 is 1.17 bits per heavy atom. The first-order valence-electron chi connectivity index (χ1n) is 10.6. The van der Waals surface area contributed by atoms with Crippen LogP contribution in [0.1, 0.15) is 42.0 Å². The molecule has 1 aliphatic heterocycles. The quantitative estimate of drug-likeness (QED) is 0.220. The average molecular weight is 541 g/mol. The standard InChI is InChI=1S/C24H20ClF3N2O3S2/c25-17-6-2-1-5-16(17)21-18(31)13-23(30(34)22(21)32,15-9-12-35-14-15)19-7-3-8-20(29-19)33-11-4-10-24(26,27)28/h1-3,5-9,12,14,21,34H,4,10-11,13H2. The number of thiol groups is 1. The van der Waals surface area contributed by atoms with Gasteiger partial charge in [0.25, 0.3) is 0 Å². The van der Waals surface area contributed by atoms with Gasteiger partial charge >= 0.3 is 6.18 Å². The number of carbonyl (C=O) groups excluding carboxylic acids is 2. The first kappa shape index (κ1) is 25.5. The lowest BCUT2D eigenvalue weighted by atomic mass is 9.75. The molecule has 1 aliphatic rings. The molecular formula is C24H20ClF3N2O3S2. The van der Waals surface area contributed by atoms with Crippen molar-refractivity contribution < 1.29 is 27.5 Å². The number of benzene rings is 1. The van der Waals surface area contributed by atoms with Gasteiger partial charge in [-0.25, -0.2) is 4.98 Å². The molecule has 5 nitrogen and oxygen atoms in total. The first-order valence-corrected chi connectivity index (χ1v) is 12.4. The summed E-state index contributed by atoms with van der Waals surface area (Å²) in [6, 6.07) is 13.2. The number of aromatic nitrogens is 1. The maximum atomic E-state index is 13.6. The van der Waals surface area contributed by atoms with E-state index in [0.29, 0.717) is 21.8 Å².